The van der Waals surface area contributed by atoms with Gasteiger partial charge >= 0.3 is 6.18 Å². The molecule has 0 atom stereocenters. The van der Waals surface area contributed by atoms with E-state index in [9.17, 15) is 21.6 Å². The Balaban J connectivity index is 3.26. The standard InChI is InChI=1S/C10H14BrF3N2O2S2/c1-6(2)16(5-10(12,13)14)20(17,18)8-3-7(4-15)19-9(8)11/h3,6H,4-5,15H2,1-2H3. The number of nitrogens with zero attached hydrogens (tertiary/aromatic N) is 1. The van der Waals surface area contributed by atoms with Crippen LogP contribution in [-0.2, 0) is 16.6 Å². The van der Waals surface area contributed by atoms with E-state index in [4.69, 9.17) is 5.73 Å². The molecule has 10 heteroatoms. The minimum Gasteiger partial charge on any atom is -0.326 e. The van der Waals surface area contributed by atoms with Crippen LogP contribution in [0, 0.1) is 0 Å². The van der Waals surface area contributed by atoms with Gasteiger partial charge in [0.15, 0.2) is 0 Å². The molecular formula is C10H14BrF3N2O2S2. The van der Waals surface area contributed by atoms with Gasteiger partial charge in [-0.15, -0.1) is 11.3 Å². The third-order valence-corrected chi connectivity index (χ3v) is 6.70. The van der Waals surface area contributed by atoms with Crippen molar-refractivity contribution in [1.29, 1.82) is 0 Å². The van der Waals surface area contributed by atoms with Gasteiger partial charge in [0.05, 0.1) is 3.79 Å². The lowest BCUT2D eigenvalue weighted by atomic mass is 10.4. The predicted molar refractivity (Wildman–Crippen MR) is 75.0 cm³/mol. The van der Waals surface area contributed by atoms with Crippen molar-refractivity contribution in [2.45, 2.75) is 37.5 Å². The van der Waals surface area contributed by atoms with Crippen LogP contribution in [0.25, 0.3) is 0 Å². The Morgan fingerprint density at radius 2 is 2.00 bits per heavy atom. The molecule has 0 amide bonds. The molecule has 1 aromatic heterocycles. The van der Waals surface area contributed by atoms with E-state index in [0.29, 0.717) is 9.18 Å². The van der Waals surface area contributed by atoms with Gasteiger partial charge in [0.25, 0.3) is 0 Å². The molecular weight excluding hydrogens is 381 g/mol. The largest absolute Gasteiger partial charge is 0.402 e. The number of sulfonamides is 1. The highest BCUT2D eigenvalue weighted by Gasteiger charge is 2.39. The first-order valence-electron chi connectivity index (χ1n) is 5.56. The predicted octanol–water partition coefficient (Wildman–Crippen LogP) is 2.93. The van der Waals surface area contributed by atoms with E-state index in [1.165, 1.54) is 19.9 Å². The van der Waals surface area contributed by atoms with Crippen LogP contribution in [-0.4, -0.2) is 31.5 Å². The van der Waals surface area contributed by atoms with Gasteiger partial charge in [0.1, 0.15) is 11.4 Å². The summed E-state index contributed by atoms with van der Waals surface area (Å²) >= 11 is 4.16. The molecule has 0 aliphatic rings. The molecule has 0 unspecified atom stereocenters. The van der Waals surface area contributed by atoms with Crippen LogP contribution in [0.1, 0.15) is 18.7 Å². The van der Waals surface area contributed by atoms with Gasteiger partial charge in [-0.05, 0) is 35.8 Å². The zero-order valence-corrected chi connectivity index (χ0v) is 14.0. The molecule has 0 radical (unpaired) electrons. The third-order valence-electron chi connectivity index (χ3n) is 2.41. The highest BCUT2D eigenvalue weighted by Crippen LogP contribution is 2.35. The Morgan fingerprint density at radius 1 is 1.45 bits per heavy atom. The zero-order chi connectivity index (χ0) is 15.7. The van der Waals surface area contributed by atoms with E-state index < -0.39 is 28.8 Å². The summed E-state index contributed by atoms with van der Waals surface area (Å²) in [5.74, 6) is 0. The Hall–Kier alpha value is -0.160. The normalized spacial score (nSPS) is 13.4. The van der Waals surface area contributed by atoms with Crippen molar-refractivity contribution in [3.63, 3.8) is 0 Å². The lowest BCUT2D eigenvalue weighted by Gasteiger charge is -2.26. The van der Waals surface area contributed by atoms with E-state index in [2.05, 4.69) is 15.9 Å². The maximum Gasteiger partial charge on any atom is 0.402 e. The van der Waals surface area contributed by atoms with Crippen LogP contribution < -0.4 is 5.73 Å². The first kappa shape index (κ1) is 17.9. The summed E-state index contributed by atoms with van der Waals surface area (Å²) in [5, 5.41) is 0. The molecule has 0 aliphatic carbocycles. The van der Waals surface area contributed by atoms with Gasteiger partial charge in [-0.25, -0.2) is 8.42 Å². The first-order chi connectivity index (χ1) is 8.99. The number of hydrogen-bond donors (Lipinski definition) is 1. The third kappa shape index (κ3) is 4.17. The lowest BCUT2D eigenvalue weighted by Crippen LogP contribution is -2.43. The molecule has 2 N–H and O–H groups in total. The number of nitrogens with two attached hydrogens (primary N) is 1. The van der Waals surface area contributed by atoms with Crippen molar-refractivity contribution in [2.24, 2.45) is 5.73 Å². The van der Waals surface area contributed by atoms with Gasteiger partial charge in [-0.2, -0.15) is 17.5 Å². The second-order valence-electron chi connectivity index (χ2n) is 4.31. The summed E-state index contributed by atoms with van der Waals surface area (Å²) < 4.78 is 63.1. The zero-order valence-electron chi connectivity index (χ0n) is 10.7. The lowest BCUT2D eigenvalue weighted by molar-refractivity contribution is -0.138. The fourth-order valence-corrected chi connectivity index (χ4v) is 5.66. The summed E-state index contributed by atoms with van der Waals surface area (Å²) in [4.78, 5) is 0.395. The number of alkyl halides is 3. The molecule has 116 valence electrons. The fourth-order valence-electron chi connectivity index (χ4n) is 1.52. The van der Waals surface area contributed by atoms with E-state index in [1.807, 2.05) is 0 Å². The Morgan fingerprint density at radius 3 is 2.35 bits per heavy atom. The number of thiophene rings is 1. The topological polar surface area (TPSA) is 63.4 Å². The summed E-state index contributed by atoms with van der Waals surface area (Å²) in [6.45, 7) is 1.40. The molecule has 0 saturated carbocycles. The molecule has 4 nitrogen and oxygen atoms in total. The summed E-state index contributed by atoms with van der Waals surface area (Å²) in [6.07, 6.45) is -4.60. The second-order valence-corrected chi connectivity index (χ2v) is 8.63. The number of halogens is 4. The highest BCUT2D eigenvalue weighted by molar-refractivity contribution is 9.11. The summed E-state index contributed by atoms with van der Waals surface area (Å²) in [5.41, 5.74) is 5.41. The van der Waals surface area contributed by atoms with Gasteiger partial charge < -0.3 is 5.73 Å². The van der Waals surface area contributed by atoms with E-state index >= 15 is 0 Å². The average Bonchev–Trinajstić information content (AvgIpc) is 2.66. The molecule has 0 fully saturated rings. The van der Waals surface area contributed by atoms with E-state index in [-0.39, 0.29) is 15.2 Å². The molecule has 20 heavy (non-hydrogen) atoms. The van der Waals surface area contributed by atoms with Crippen molar-refractivity contribution in [1.82, 2.24) is 4.31 Å². The monoisotopic (exact) mass is 394 g/mol. The van der Waals surface area contributed by atoms with Crippen LogP contribution in [0.5, 0.6) is 0 Å². The van der Waals surface area contributed by atoms with E-state index in [1.54, 1.807) is 0 Å². The van der Waals surface area contributed by atoms with Crippen LogP contribution in [0.15, 0.2) is 14.7 Å². The Labute approximate surface area is 127 Å². The van der Waals surface area contributed by atoms with Crippen LogP contribution in [0.3, 0.4) is 0 Å². The molecule has 0 bridgehead atoms. The van der Waals surface area contributed by atoms with Crippen molar-refractivity contribution in [3.8, 4) is 0 Å². The van der Waals surface area contributed by atoms with Gasteiger partial charge in [0, 0.05) is 17.5 Å². The molecule has 0 saturated heterocycles. The maximum absolute atomic E-state index is 12.5. The fraction of sp³-hybridized carbons (Fsp3) is 0.600. The van der Waals surface area contributed by atoms with Crippen LogP contribution >= 0.6 is 27.3 Å². The minimum absolute atomic E-state index is 0.125. The van der Waals surface area contributed by atoms with Crippen LogP contribution in [0.4, 0.5) is 13.2 Å². The van der Waals surface area contributed by atoms with Crippen molar-refractivity contribution < 1.29 is 21.6 Å². The van der Waals surface area contributed by atoms with Gasteiger partial charge in [-0.1, -0.05) is 0 Å². The smallest absolute Gasteiger partial charge is 0.326 e. The molecule has 0 aliphatic heterocycles. The Bertz CT molecular complexity index is 570. The Kier molecular flexibility index (Phi) is 5.64. The quantitative estimate of drug-likeness (QED) is 0.834. The molecule has 1 aromatic rings. The number of hydrogen-bond acceptors (Lipinski definition) is 4. The van der Waals surface area contributed by atoms with Crippen molar-refractivity contribution in [2.75, 3.05) is 6.54 Å². The van der Waals surface area contributed by atoms with Crippen LogP contribution in [0.2, 0.25) is 0 Å². The minimum atomic E-state index is -4.60. The van der Waals surface area contributed by atoms with Crippen molar-refractivity contribution >= 4 is 37.3 Å². The van der Waals surface area contributed by atoms with Gasteiger partial charge in [0.2, 0.25) is 10.0 Å². The number of rotatable bonds is 5. The maximum atomic E-state index is 12.5. The van der Waals surface area contributed by atoms with Crippen molar-refractivity contribution in [3.05, 3.63) is 14.7 Å². The summed E-state index contributed by atoms with van der Waals surface area (Å²) in [6, 6.07) is 0.491. The first-order valence-corrected chi connectivity index (χ1v) is 8.61. The molecule has 1 heterocycles. The molecule has 1 rings (SSSR count). The average molecular weight is 395 g/mol. The SMILES string of the molecule is CC(C)N(CC(F)(F)F)S(=O)(=O)c1cc(CN)sc1Br. The molecule has 0 aromatic carbocycles. The summed E-state index contributed by atoms with van der Waals surface area (Å²) in [7, 11) is -4.23. The highest BCUT2D eigenvalue weighted by atomic mass is 79.9. The van der Waals surface area contributed by atoms with E-state index in [0.717, 1.165) is 11.3 Å². The second kappa shape index (κ2) is 6.30. The molecule has 0 spiro atoms. The van der Waals surface area contributed by atoms with Gasteiger partial charge in [-0.3, -0.25) is 0 Å².